The number of hydrogen-bond acceptors (Lipinski definition) is 4. The minimum absolute atomic E-state index is 0.0918. The Morgan fingerprint density at radius 2 is 1.86 bits per heavy atom. The molecule has 1 heterocycles. The molecule has 29 heavy (non-hydrogen) atoms. The average Bonchev–Trinajstić information content (AvgIpc) is 3.49. The lowest BCUT2D eigenvalue weighted by Crippen LogP contribution is -2.32. The SMILES string of the molecule is CCN(Cc1ccc(Cl)c(Cl)c1)C(=O)c1ccc2c(c1)S(=O)(=O)N(C1CC1)C2=O. The third-order valence-electron chi connectivity index (χ3n) is 5.10. The average molecular weight is 453 g/mol. The van der Waals surface area contributed by atoms with Gasteiger partial charge in [0.05, 0.1) is 15.6 Å². The number of carbonyl (C=O) groups is 2. The summed E-state index contributed by atoms with van der Waals surface area (Å²) in [5.74, 6) is -0.835. The Morgan fingerprint density at radius 1 is 1.14 bits per heavy atom. The van der Waals surface area contributed by atoms with Crippen LogP contribution in [-0.4, -0.2) is 42.0 Å². The second kappa shape index (κ2) is 7.31. The molecule has 2 amide bonds. The number of amides is 2. The van der Waals surface area contributed by atoms with Crippen molar-refractivity contribution in [2.24, 2.45) is 0 Å². The lowest BCUT2D eigenvalue weighted by Gasteiger charge is -2.21. The largest absolute Gasteiger partial charge is 0.335 e. The summed E-state index contributed by atoms with van der Waals surface area (Å²) < 4.78 is 26.6. The van der Waals surface area contributed by atoms with Gasteiger partial charge in [0.25, 0.3) is 21.8 Å². The number of hydrogen-bond donors (Lipinski definition) is 0. The first-order valence-corrected chi connectivity index (χ1v) is 11.4. The molecule has 0 spiro atoms. The molecule has 1 aliphatic carbocycles. The number of benzene rings is 2. The normalized spacial score (nSPS) is 17.3. The minimum atomic E-state index is -3.91. The fourth-order valence-corrected chi connectivity index (χ4v) is 5.58. The van der Waals surface area contributed by atoms with E-state index in [1.54, 1.807) is 23.1 Å². The number of halogens is 2. The molecular formula is C20H18Cl2N2O4S. The summed E-state index contributed by atoms with van der Waals surface area (Å²) in [6, 6.07) is 9.12. The van der Waals surface area contributed by atoms with E-state index in [0.29, 0.717) is 36.0 Å². The Labute approximate surface area is 179 Å². The lowest BCUT2D eigenvalue weighted by molar-refractivity contribution is 0.0751. The molecule has 1 fully saturated rings. The Morgan fingerprint density at radius 3 is 2.48 bits per heavy atom. The van der Waals surface area contributed by atoms with Crippen LogP contribution in [0.2, 0.25) is 10.0 Å². The van der Waals surface area contributed by atoms with E-state index in [-0.39, 0.29) is 28.0 Å². The molecule has 2 aromatic carbocycles. The molecule has 2 aliphatic rings. The molecule has 2 aromatic rings. The molecule has 1 aliphatic heterocycles. The lowest BCUT2D eigenvalue weighted by atomic mass is 10.1. The van der Waals surface area contributed by atoms with Crippen molar-refractivity contribution in [3.63, 3.8) is 0 Å². The Kier molecular flexibility index (Phi) is 5.09. The van der Waals surface area contributed by atoms with Gasteiger partial charge in [0, 0.05) is 24.7 Å². The summed E-state index contributed by atoms with van der Waals surface area (Å²) in [6.07, 6.45) is 1.36. The first kappa shape index (κ1) is 20.2. The van der Waals surface area contributed by atoms with Gasteiger partial charge in [-0.15, -0.1) is 0 Å². The predicted octanol–water partition coefficient (Wildman–Crippen LogP) is 3.96. The van der Waals surface area contributed by atoms with E-state index in [4.69, 9.17) is 23.2 Å². The van der Waals surface area contributed by atoms with Crippen LogP contribution in [-0.2, 0) is 16.6 Å². The van der Waals surface area contributed by atoms with E-state index in [1.807, 2.05) is 6.92 Å². The summed E-state index contributed by atoms with van der Waals surface area (Å²) in [4.78, 5) is 27.0. The van der Waals surface area contributed by atoms with E-state index in [9.17, 15) is 18.0 Å². The zero-order valence-electron chi connectivity index (χ0n) is 15.6. The van der Waals surface area contributed by atoms with Gasteiger partial charge in [-0.2, -0.15) is 0 Å². The van der Waals surface area contributed by atoms with Gasteiger partial charge in [0.1, 0.15) is 4.90 Å². The zero-order valence-corrected chi connectivity index (χ0v) is 17.9. The molecule has 9 heteroatoms. The van der Waals surface area contributed by atoms with Gasteiger partial charge in [0.2, 0.25) is 0 Å². The maximum atomic E-state index is 13.0. The number of carbonyl (C=O) groups excluding carboxylic acids is 2. The van der Waals surface area contributed by atoms with Crippen LogP contribution in [0.4, 0.5) is 0 Å². The molecular weight excluding hydrogens is 435 g/mol. The summed E-state index contributed by atoms with van der Waals surface area (Å²) in [5.41, 5.74) is 1.15. The summed E-state index contributed by atoms with van der Waals surface area (Å²) in [6.45, 7) is 2.54. The molecule has 0 atom stereocenters. The highest BCUT2D eigenvalue weighted by molar-refractivity contribution is 7.90. The zero-order chi connectivity index (χ0) is 20.9. The maximum absolute atomic E-state index is 13.0. The molecule has 0 unspecified atom stereocenters. The van der Waals surface area contributed by atoms with Crippen LogP contribution in [0.15, 0.2) is 41.3 Å². The molecule has 0 N–H and O–H groups in total. The highest BCUT2D eigenvalue weighted by Gasteiger charge is 2.48. The third-order valence-corrected chi connectivity index (χ3v) is 7.72. The van der Waals surface area contributed by atoms with Crippen molar-refractivity contribution in [1.82, 2.24) is 9.21 Å². The van der Waals surface area contributed by atoms with Gasteiger partial charge in [-0.25, -0.2) is 12.7 Å². The van der Waals surface area contributed by atoms with Crippen molar-refractivity contribution < 1.29 is 18.0 Å². The smallest absolute Gasteiger partial charge is 0.269 e. The van der Waals surface area contributed by atoms with Crippen LogP contribution >= 0.6 is 23.2 Å². The molecule has 152 valence electrons. The van der Waals surface area contributed by atoms with Gasteiger partial charge in [-0.3, -0.25) is 9.59 Å². The second-order valence-corrected chi connectivity index (χ2v) is 9.71. The summed E-state index contributed by atoms with van der Waals surface area (Å²) in [7, 11) is -3.91. The van der Waals surface area contributed by atoms with E-state index in [0.717, 1.165) is 9.87 Å². The third kappa shape index (κ3) is 3.52. The fourth-order valence-electron chi connectivity index (χ4n) is 3.42. The van der Waals surface area contributed by atoms with Gasteiger partial charge < -0.3 is 4.90 Å². The monoisotopic (exact) mass is 452 g/mol. The van der Waals surface area contributed by atoms with E-state index >= 15 is 0 Å². The summed E-state index contributed by atoms with van der Waals surface area (Å²) in [5, 5.41) is 0.827. The van der Waals surface area contributed by atoms with Gasteiger partial charge in [0.15, 0.2) is 0 Å². The van der Waals surface area contributed by atoms with Gasteiger partial charge in [-0.05, 0) is 55.7 Å². The standard InChI is InChI=1S/C20H18Cl2N2O4S/c1-2-23(11-12-3-8-16(21)17(22)9-12)19(25)13-4-7-15-18(10-13)29(27,28)24(20(15)26)14-5-6-14/h3-4,7-10,14H,2,5-6,11H2,1H3. The number of fused-ring (bicyclic) bond motifs is 1. The van der Waals surface area contributed by atoms with Gasteiger partial charge in [-0.1, -0.05) is 29.3 Å². The molecule has 4 rings (SSSR count). The second-order valence-electron chi connectivity index (χ2n) is 7.12. The van der Waals surface area contributed by atoms with Crippen molar-refractivity contribution in [3.05, 3.63) is 63.1 Å². The van der Waals surface area contributed by atoms with Crippen molar-refractivity contribution in [2.75, 3.05) is 6.54 Å². The Hall–Kier alpha value is -2.09. The predicted molar refractivity (Wildman–Crippen MR) is 110 cm³/mol. The Balaban J connectivity index is 1.63. The topological polar surface area (TPSA) is 74.8 Å². The van der Waals surface area contributed by atoms with Crippen LogP contribution in [0.1, 0.15) is 46.0 Å². The van der Waals surface area contributed by atoms with E-state index in [1.165, 1.54) is 18.2 Å². The molecule has 6 nitrogen and oxygen atoms in total. The number of rotatable bonds is 5. The highest BCUT2D eigenvalue weighted by Crippen LogP contribution is 2.39. The van der Waals surface area contributed by atoms with E-state index < -0.39 is 15.9 Å². The van der Waals surface area contributed by atoms with Crippen LogP contribution in [0.25, 0.3) is 0 Å². The fraction of sp³-hybridized carbons (Fsp3) is 0.300. The van der Waals surface area contributed by atoms with Gasteiger partial charge >= 0.3 is 0 Å². The first-order chi connectivity index (χ1) is 13.7. The Bertz CT molecular complexity index is 1130. The summed E-state index contributed by atoms with van der Waals surface area (Å²) >= 11 is 12.0. The van der Waals surface area contributed by atoms with Crippen LogP contribution < -0.4 is 0 Å². The van der Waals surface area contributed by atoms with Crippen molar-refractivity contribution in [1.29, 1.82) is 0 Å². The van der Waals surface area contributed by atoms with Crippen LogP contribution in [0.5, 0.6) is 0 Å². The first-order valence-electron chi connectivity index (χ1n) is 9.20. The van der Waals surface area contributed by atoms with E-state index in [2.05, 4.69) is 0 Å². The molecule has 0 aromatic heterocycles. The molecule has 0 radical (unpaired) electrons. The molecule has 0 saturated heterocycles. The molecule has 1 saturated carbocycles. The highest BCUT2D eigenvalue weighted by atomic mass is 35.5. The van der Waals surface area contributed by atoms with Crippen molar-refractivity contribution in [2.45, 2.75) is 37.2 Å². The number of nitrogens with zero attached hydrogens (tertiary/aromatic N) is 2. The van der Waals surface area contributed by atoms with Crippen molar-refractivity contribution >= 4 is 45.0 Å². The van der Waals surface area contributed by atoms with Crippen molar-refractivity contribution in [3.8, 4) is 0 Å². The quantitative estimate of drug-likeness (QED) is 0.687. The minimum Gasteiger partial charge on any atom is -0.335 e. The van der Waals surface area contributed by atoms with Crippen LogP contribution in [0.3, 0.4) is 0 Å². The van der Waals surface area contributed by atoms with Crippen LogP contribution in [0, 0.1) is 0 Å². The molecule has 0 bridgehead atoms. The maximum Gasteiger partial charge on any atom is 0.269 e. The number of sulfonamides is 1.